The second kappa shape index (κ2) is 9.23. The predicted octanol–water partition coefficient (Wildman–Crippen LogP) is 3.88. The zero-order valence-electron chi connectivity index (χ0n) is 18.0. The zero-order chi connectivity index (χ0) is 20.9. The summed E-state index contributed by atoms with van der Waals surface area (Å²) in [5, 5.41) is 0. The molecule has 0 aromatic heterocycles. The Morgan fingerprint density at radius 2 is 1.18 bits per heavy atom. The average molecular weight is 395 g/mol. The number of rotatable bonds is 11. The molecule has 2 aliphatic rings. The highest BCUT2D eigenvalue weighted by molar-refractivity contribution is 5.87. The first-order chi connectivity index (χ1) is 13.1. The highest BCUT2D eigenvalue weighted by Gasteiger charge is 2.55. The van der Waals surface area contributed by atoms with Crippen molar-refractivity contribution in [1.29, 1.82) is 0 Å². The number of hydrogen-bond acceptors (Lipinski definition) is 6. The Labute approximate surface area is 168 Å². The number of carbonyl (C=O) groups excluding carboxylic acids is 2. The normalized spacial score (nSPS) is 32.1. The van der Waals surface area contributed by atoms with Crippen LogP contribution in [0, 0.1) is 0 Å². The van der Waals surface area contributed by atoms with E-state index in [-0.39, 0.29) is 35.3 Å². The Morgan fingerprint density at radius 1 is 0.821 bits per heavy atom. The molecule has 2 aliphatic heterocycles. The summed E-state index contributed by atoms with van der Waals surface area (Å²) in [4.78, 5) is 22.8. The molecule has 6 nitrogen and oxygen atoms in total. The van der Waals surface area contributed by atoms with Gasteiger partial charge in [-0.3, -0.25) is 0 Å². The molecule has 0 saturated carbocycles. The van der Waals surface area contributed by atoms with Gasteiger partial charge >= 0.3 is 11.9 Å². The Bertz CT molecular complexity index is 595. The lowest BCUT2D eigenvalue weighted by atomic mass is 9.94. The number of allylic oxidation sites excluding steroid dienone is 2. The first-order valence-corrected chi connectivity index (χ1v) is 10.0. The van der Waals surface area contributed by atoms with E-state index in [1.165, 1.54) is 14.2 Å². The van der Waals surface area contributed by atoms with Crippen molar-refractivity contribution in [3.63, 3.8) is 0 Å². The van der Waals surface area contributed by atoms with Gasteiger partial charge in [-0.1, -0.05) is 12.2 Å². The summed E-state index contributed by atoms with van der Waals surface area (Å²) in [6.07, 6.45) is 9.71. The van der Waals surface area contributed by atoms with Crippen molar-refractivity contribution in [1.82, 2.24) is 0 Å². The van der Waals surface area contributed by atoms with Gasteiger partial charge in [-0.15, -0.1) is 0 Å². The summed E-state index contributed by atoms with van der Waals surface area (Å²) in [5.41, 5.74) is 1.08. The van der Waals surface area contributed by atoms with Crippen LogP contribution in [0.25, 0.3) is 0 Å². The predicted molar refractivity (Wildman–Crippen MR) is 106 cm³/mol. The maximum atomic E-state index is 11.4. The molecule has 0 amide bonds. The van der Waals surface area contributed by atoms with Crippen LogP contribution in [0.2, 0.25) is 0 Å². The monoisotopic (exact) mass is 394 g/mol. The van der Waals surface area contributed by atoms with Crippen LogP contribution in [0.5, 0.6) is 0 Å². The standard InChI is InChI=1S/C22H34O6/c1-15(19(23)25-5)9-7-13-21(3)17(27-21)11-12-18-22(4,28-18)14-8-10-16(2)20(24)26-6/h9-10,17-18H,7-8,11-14H2,1-6H3/b15-9+,16-10+/t17-,18+,21-,22-/m0/s1. The quantitative estimate of drug-likeness (QED) is 0.301. The molecule has 0 radical (unpaired) electrons. The second-order valence-electron chi connectivity index (χ2n) is 8.25. The van der Waals surface area contributed by atoms with E-state index in [9.17, 15) is 9.59 Å². The maximum Gasteiger partial charge on any atom is 0.333 e. The van der Waals surface area contributed by atoms with Gasteiger partial charge in [0.1, 0.15) is 0 Å². The summed E-state index contributed by atoms with van der Waals surface area (Å²) < 4.78 is 21.2. The van der Waals surface area contributed by atoms with Crippen LogP contribution in [-0.2, 0) is 28.5 Å². The maximum absolute atomic E-state index is 11.4. The molecule has 2 fully saturated rings. The molecule has 0 unspecified atom stereocenters. The van der Waals surface area contributed by atoms with Gasteiger partial charge in [0.25, 0.3) is 0 Å². The SMILES string of the molecule is COC(=O)/C(C)=C/CC[C@]1(C)O[C@H]1CC[C@H]1O[C@@]1(C)CC/C=C(\C)C(=O)OC. The average Bonchev–Trinajstić information content (AvgIpc) is 3.53. The van der Waals surface area contributed by atoms with Gasteiger partial charge in [-0.25, -0.2) is 9.59 Å². The van der Waals surface area contributed by atoms with Crippen LogP contribution < -0.4 is 0 Å². The molecular weight excluding hydrogens is 360 g/mol. The topological polar surface area (TPSA) is 77.7 Å². The number of hydrogen-bond donors (Lipinski definition) is 0. The van der Waals surface area contributed by atoms with Crippen LogP contribution in [-0.4, -0.2) is 49.6 Å². The van der Waals surface area contributed by atoms with Crippen molar-refractivity contribution in [2.75, 3.05) is 14.2 Å². The summed E-state index contributed by atoms with van der Waals surface area (Å²) in [5.74, 6) is -0.555. The minimum absolute atomic E-state index is 0.0987. The lowest BCUT2D eigenvalue weighted by Crippen LogP contribution is -2.13. The largest absolute Gasteiger partial charge is 0.466 e. The molecule has 6 heteroatoms. The second-order valence-corrected chi connectivity index (χ2v) is 8.25. The fourth-order valence-corrected chi connectivity index (χ4v) is 3.69. The van der Waals surface area contributed by atoms with Gasteiger partial charge in [-0.2, -0.15) is 0 Å². The van der Waals surface area contributed by atoms with E-state index in [1.807, 2.05) is 12.2 Å². The smallest absolute Gasteiger partial charge is 0.333 e. The summed E-state index contributed by atoms with van der Waals surface area (Å²) in [7, 11) is 2.79. The molecular formula is C22H34O6. The van der Waals surface area contributed by atoms with Gasteiger partial charge in [0.05, 0.1) is 37.6 Å². The molecule has 0 aromatic rings. The van der Waals surface area contributed by atoms with Crippen molar-refractivity contribution in [3.05, 3.63) is 23.3 Å². The van der Waals surface area contributed by atoms with E-state index in [2.05, 4.69) is 13.8 Å². The first-order valence-electron chi connectivity index (χ1n) is 10.0. The van der Waals surface area contributed by atoms with Crippen molar-refractivity contribution in [3.8, 4) is 0 Å². The van der Waals surface area contributed by atoms with Gasteiger partial charge in [0.2, 0.25) is 0 Å². The lowest BCUT2D eigenvalue weighted by molar-refractivity contribution is -0.136. The van der Waals surface area contributed by atoms with E-state index in [0.29, 0.717) is 11.1 Å². The molecule has 28 heavy (non-hydrogen) atoms. The summed E-state index contributed by atoms with van der Waals surface area (Å²) >= 11 is 0. The Hall–Kier alpha value is -1.66. The molecule has 0 bridgehead atoms. The summed E-state index contributed by atoms with van der Waals surface area (Å²) in [6, 6.07) is 0. The van der Waals surface area contributed by atoms with Crippen LogP contribution in [0.4, 0.5) is 0 Å². The van der Waals surface area contributed by atoms with Gasteiger partial charge < -0.3 is 18.9 Å². The number of carbonyl (C=O) groups is 2. The Kier molecular flexibility index (Phi) is 7.46. The third-order valence-corrected chi connectivity index (χ3v) is 5.96. The van der Waals surface area contributed by atoms with Crippen LogP contribution >= 0.6 is 0 Å². The Balaban J connectivity index is 1.65. The van der Waals surface area contributed by atoms with E-state index in [0.717, 1.165) is 38.5 Å². The third-order valence-electron chi connectivity index (χ3n) is 5.96. The number of methoxy groups -OCH3 is 2. The van der Waals surface area contributed by atoms with Crippen molar-refractivity contribution in [2.45, 2.75) is 89.6 Å². The van der Waals surface area contributed by atoms with Gasteiger partial charge in [0.15, 0.2) is 0 Å². The van der Waals surface area contributed by atoms with Crippen molar-refractivity contribution < 1.29 is 28.5 Å². The van der Waals surface area contributed by atoms with Crippen molar-refractivity contribution >= 4 is 11.9 Å². The van der Waals surface area contributed by atoms with E-state index < -0.39 is 0 Å². The highest BCUT2D eigenvalue weighted by Crippen LogP contribution is 2.48. The molecule has 2 heterocycles. The van der Waals surface area contributed by atoms with Crippen LogP contribution in [0.1, 0.15) is 66.2 Å². The molecule has 4 atom stereocenters. The molecule has 0 aliphatic carbocycles. The van der Waals surface area contributed by atoms with E-state index >= 15 is 0 Å². The number of epoxide rings is 2. The Morgan fingerprint density at radius 3 is 1.50 bits per heavy atom. The first kappa shape index (κ1) is 22.6. The molecule has 0 N–H and O–H groups in total. The van der Waals surface area contributed by atoms with Crippen LogP contribution in [0.3, 0.4) is 0 Å². The van der Waals surface area contributed by atoms with Gasteiger partial charge in [0, 0.05) is 11.1 Å². The van der Waals surface area contributed by atoms with E-state index in [1.54, 1.807) is 13.8 Å². The van der Waals surface area contributed by atoms with Crippen molar-refractivity contribution in [2.24, 2.45) is 0 Å². The van der Waals surface area contributed by atoms with Crippen LogP contribution in [0.15, 0.2) is 23.3 Å². The molecule has 0 spiro atoms. The lowest BCUT2D eigenvalue weighted by Gasteiger charge is -2.06. The number of ether oxygens (including phenoxy) is 4. The zero-order valence-corrected chi connectivity index (χ0v) is 18.0. The third kappa shape index (κ3) is 5.92. The molecule has 2 saturated heterocycles. The minimum atomic E-state index is -0.278. The molecule has 158 valence electrons. The van der Waals surface area contributed by atoms with Gasteiger partial charge in [-0.05, 0) is 66.2 Å². The highest BCUT2D eigenvalue weighted by atomic mass is 16.6. The fraction of sp³-hybridized carbons (Fsp3) is 0.727. The fourth-order valence-electron chi connectivity index (χ4n) is 3.69. The minimum Gasteiger partial charge on any atom is -0.466 e. The molecule has 0 aromatic carbocycles. The number of esters is 2. The summed E-state index contributed by atoms with van der Waals surface area (Å²) in [6.45, 7) is 7.80. The van der Waals surface area contributed by atoms with E-state index in [4.69, 9.17) is 18.9 Å². The molecule has 2 rings (SSSR count).